The maximum atomic E-state index is 5.37. The molecule has 0 saturated heterocycles. The minimum atomic E-state index is -0.357. The summed E-state index contributed by atoms with van der Waals surface area (Å²) < 4.78 is 0. The van der Waals surface area contributed by atoms with Crippen LogP contribution in [0.3, 0.4) is 0 Å². The molecule has 3 aliphatic carbocycles. The predicted octanol–water partition coefficient (Wildman–Crippen LogP) is 13.2. The molecule has 7 aromatic heterocycles. The maximum absolute atomic E-state index is 5.37. The van der Waals surface area contributed by atoms with Gasteiger partial charge in [-0.25, -0.2) is 9.97 Å². The van der Waals surface area contributed by atoms with Gasteiger partial charge in [0.05, 0.1) is 23.3 Å². The number of benzene rings is 1. The van der Waals surface area contributed by atoms with Crippen molar-refractivity contribution in [1.82, 2.24) is 39.9 Å². The standard InChI is InChI=1S/C54H36N8S4.Zn/c1-52(41-9-5-27-64-41)20-14-33-34(15-21-52)46-56-45(33)55-44-32-13-12-31(40-8-4-26-63-40)30-39(32)51(61-44)62-50-38-19-25-54(3,43-11-7-29-66-43)24-18-37(38)49(60-50)59-48-36-17-23-53(2,42-10-6-28-65-42)22-16-35(36)47(57-46)58-48;/h4-30H,1-3H3;/q-2;+2. The van der Waals surface area contributed by atoms with Gasteiger partial charge in [-0.15, -0.1) is 45.3 Å². The molecule has 5 aliphatic rings. The Hall–Kier alpha value is -6.34. The molecule has 8 aromatic rings. The third-order valence-corrected chi connectivity index (χ3v) is 17.3. The topological polar surface area (TPSA) is 106 Å². The third-order valence-electron chi connectivity index (χ3n) is 13.1. The van der Waals surface area contributed by atoms with E-state index in [9.17, 15) is 0 Å². The van der Waals surface area contributed by atoms with Crippen LogP contribution in [0.15, 0.2) is 149 Å². The van der Waals surface area contributed by atoms with Crippen LogP contribution in [0, 0.1) is 0 Å². The Morgan fingerprint density at radius 1 is 0.403 bits per heavy atom. The van der Waals surface area contributed by atoms with Gasteiger partial charge in [-0.1, -0.05) is 109 Å². The van der Waals surface area contributed by atoms with Crippen molar-refractivity contribution in [1.29, 1.82) is 0 Å². The molecule has 9 heterocycles. The summed E-state index contributed by atoms with van der Waals surface area (Å²) in [6.07, 6.45) is 26.3. The zero-order chi connectivity index (χ0) is 44.2. The van der Waals surface area contributed by atoms with Gasteiger partial charge in [0.25, 0.3) is 0 Å². The zero-order valence-electron chi connectivity index (χ0n) is 36.5. The van der Waals surface area contributed by atoms with Crippen molar-refractivity contribution >= 4 is 113 Å². The van der Waals surface area contributed by atoms with Crippen LogP contribution in [0.5, 0.6) is 0 Å². The second-order valence-electron chi connectivity index (χ2n) is 17.5. The van der Waals surface area contributed by atoms with Crippen LogP contribution in [0.2, 0.25) is 0 Å². The summed E-state index contributed by atoms with van der Waals surface area (Å²) in [4.78, 5) is 47.2. The van der Waals surface area contributed by atoms with E-state index in [-0.39, 0.29) is 35.7 Å². The van der Waals surface area contributed by atoms with Gasteiger partial charge in [-0.05, 0) is 100 Å². The number of nitrogens with zero attached hydrogens (tertiary/aromatic N) is 8. The second-order valence-corrected chi connectivity index (χ2v) is 21.3. The first-order chi connectivity index (χ1) is 32.2. The van der Waals surface area contributed by atoms with Gasteiger partial charge < -0.3 is 29.9 Å². The van der Waals surface area contributed by atoms with Crippen molar-refractivity contribution in [2.45, 2.75) is 37.0 Å². The normalized spacial score (nSPS) is 21.5. The van der Waals surface area contributed by atoms with Crippen molar-refractivity contribution in [2.75, 3.05) is 0 Å². The largest absolute Gasteiger partial charge is 2.00 e. The summed E-state index contributed by atoms with van der Waals surface area (Å²) in [6, 6.07) is 23.4. The van der Waals surface area contributed by atoms with Crippen molar-refractivity contribution in [3.8, 4) is 10.4 Å². The molecule has 0 saturated carbocycles. The molecule has 0 amide bonds. The molecule has 67 heavy (non-hydrogen) atoms. The number of hydrogen-bond acceptors (Lipinski definition) is 10. The zero-order valence-corrected chi connectivity index (χ0v) is 42.7. The third kappa shape index (κ3) is 6.97. The van der Waals surface area contributed by atoms with Gasteiger partial charge in [0, 0.05) is 80.6 Å². The monoisotopic (exact) mass is 988 g/mol. The SMILES string of the molecule is CC1(c2cccs2)C=CC2=C(C=C1)c1nc2nc2[n-]c(nc3nc(nc4[n-]c(n1)c1ccc(-c5cccs5)cc41)C1=C3C=CC(C)(c3cccs3)C=C1)c1c2C=CC(C)(c2cccs2)C=C1.[Zn+2]. The van der Waals surface area contributed by atoms with E-state index >= 15 is 0 Å². The molecule has 0 fully saturated rings. The van der Waals surface area contributed by atoms with Crippen LogP contribution in [0.1, 0.15) is 69.8 Å². The summed E-state index contributed by atoms with van der Waals surface area (Å²) in [7, 11) is 0. The molecule has 0 radical (unpaired) electrons. The van der Waals surface area contributed by atoms with E-state index in [1.54, 1.807) is 45.3 Å². The van der Waals surface area contributed by atoms with E-state index < -0.39 is 0 Å². The fraction of sp³-hybridized carbons (Fsp3) is 0.111. The number of rotatable bonds is 4. The smallest absolute Gasteiger partial charge is 0.357 e. The molecule has 3 unspecified atom stereocenters. The van der Waals surface area contributed by atoms with E-state index in [1.807, 2.05) is 0 Å². The minimum absolute atomic E-state index is 0. The van der Waals surface area contributed by atoms with Crippen LogP contribution in [0.4, 0.5) is 0 Å². The fourth-order valence-electron chi connectivity index (χ4n) is 9.15. The maximum Gasteiger partial charge on any atom is 2.00 e. The minimum Gasteiger partial charge on any atom is -0.357 e. The van der Waals surface area contributed by atoms with E-state index in [0.29, 0.717) is 45.9 Å². The fourth-order valence-corrected chi connectivity index (χ4v) is 12.4. The van der Waals surface area contributed by atoms with E-state index in [0.717, 1.165) is 54.6 Å². The Morgan fingerprint density at radius 2 is 0.791 bits per heavy atom. The van der Waals surface area contributed by atoms with Gasteiger partial charge in [0.15, 0.2) is 0 Å². The summed E-state index contributed by atoms with van der Waals surface area (Å²) in [6.45, 7) is 6.69. The van der Waals surface area contributed by atoms with E-state index in [1.165, 1.54) is 14.6 Å². The molecular formula is C54H36N8S4Zn. The first-order valence-electron chi connectivity index (χ1n) is 21.6. The molecule has 2 aliphatic heterocycles. The first kappa shape index (κ1) is 42.0. The molecule has 8 bridgehead atoms. The van der Waals surface area contributed by atoms with Gasteiger partial charge in [-0.3, -0.25) is 0 Å². The Morgan fingerprint density at radius 3 is 1.21 bits per heavy atom. The van der Waals surface area contributed by atoms with Gasteiger partial charge in [0.1, 0.15) is 0 Å². The van der Waals surface area contributed by atoms with Gasteiger partial charge in [0.2, 0.25) is 0 Å². The van der Waals surface area contributed by atoms with Crippen molar-refractivity contribution in [2.24, 2.45) is 0 Å². The summed E-state index contributed by atoms with van der Waals surface area (Å²) in [5.41, 5.74) is 7.26. The number of aromatic nitrogens is 8. The predicted molar refractivity (Wildman–Crippen MR) is 274 cm³/mol. The Balaban J connectivity index is 0.00000468. The molecule has 1 aromatic carbocycles. The van der Waals surface area contributed by atoms with Crippen LogP contribution in [-0.2, 0) is 35.7 Å². The van der Waals surface area contributed by atoms with E-state index in [4.69, 9.17) is 39.9 Å². The average Bonchev–Trinajstić information content (AvgIpc) is 4.17. The Bertz CT molecular complexity index is 3750. The number of allylic oxidation sites excluding steroid dienone is 14. The van der Waals surface area contributed by atoms with Crippen molar-refractivity contribution in [3.05, 3.63) is 198 Å². The van der Waals surface area contributed by atoms with Crippen molar-refractivity contribution in [3.63, 3.8) is 0 Å². The molecular weight excluding hydrogens is 954 g/mol. The van der Waals surface area contributed by atoms with Crippen LogP contribution >= 0.6 is 45.3 Å². The quantitative estimate of drug-likeness (QED) is 0.161. The molecule has 0 spiro atoms. The molecule has 13 rings (SSSR count). The molecule has 0 N–H and O–H groups in total. The van der Waals surface area contributed by atoms with Crippen molar-refractivity contribution < 1.29 is 19.5 Å². The van der Waals surface area contributed by atoms with Crippen LogP contribution in [-0.4, -0.2) is 29.9 Å². The summed E-state index contributed by atoms with van der Waals surface area (Å²) in [5, 5.41) is 10.2. The number of thiophene rings is 4. The Labute approximate surface area is 414 Å². The van der Waals surface area contributed by atoms with Gasteiger partial charge in [-0.2, -0.15) is 0 Å². The summed E-state index contributed by atoms with van der Waals surface area (Å²) >= 11 is 6.92. The molecule has 8 nitrogen and oxygen atoms in total. The molecule has 318 valence electrons. The van der Waals surface area contributed by atoms with Crippen LogP contribution < -0.4 is 9.97 Å². The van der Waals surface area contributed by atoms with E-state index in [2.05, 4.69) is 182 Å². The molecule has 3 atom stereocenters. The average molecular weight is 991 g/mol. The number of fused-ring (bicyclic) bond motifs is 18. The number of hydrogen-bond donors (Lipinski definition) is 0. The summed E-state index contributed by atoms with van der Waals surface area (Å²) in [5.74, 6) is 2.08. The Kier molecular flexibility index (Phi) is 9.97. The van der Waals surface area contributed by atoms with Gasteiger partial charge >= 0.3 is 19.5 Å². The second kappa shape index (κ2) is 15.9. The molecule has 13 heteroatoms. The van der Waals surface area contributed by atoms with Crippen LogP contribution in [0.25, 0.3) is 78.2 Å². The first-order valence-corrected chi connectivity index (χ1v) is 25.1.